The van der Waals surface area contributed by atoms with Crippen LogP contribution in [0.25, 0.3) is 10.1 Å². The molecule has 0 radical (unpaired) electrons. The summed E-state index contributed by atoms with van der Waals surface area (Å²) in [4.78, 5) is 19.0. The van der Waals surface area contributed by atoms with Crippen LogP contribution in [0.3, 0.4) is 0 Å². The van der Waals surface area contributed by atoms with E-state index in [2.05, 4.69) is 21.3 Å². The number of amides is 1. The third-order valence-corrected chi connectivity index (χ3v) is 5.40. The van der Waals surface area contributed by atoms with Crippen LogP contribution in [0.1, 0.15) is 22.5 Å². The lowest BCUT2D eigenvalue weighted by atomic mass is 10.00. The van der Waals surface area contributed by atoms with Crippen molar-refractivity contribution in [2.75, 3.05) is 19.6 Å². The summed E-state index contributed by atoms with van der Waals surface area (Å²) in [7, 11) is 0. The fraction of sp³-hybridized carbons (Fsp3) is 0.400. The monoisotopic (exact) mass is 298 g/mol. The number of rotatable bonds is 2. The second-order valence-electron chi connectivity index (χ2n) is 5.72. The van der Waals surface area contributed by atoms with Crippen LogP contribution >= 0.6 is 11.3 Å². The second-order valence-corrected chi connectivity index (χ2v) is 6.63. The maximum Gasteiger partial charge on any atom is 0.270 e. The minimum atomic E-state index is -0.134. The molecule has 2 aliphatic rings. The van der Waals surface area contributed by atoms with Crippen molar-refractivity contribution >= 4 is 27.3 Å². The third-order valence-electron chi connectivity index (χ3n) is 4.46. The lowest BCUT2D eigenvalue weighted by molar-refractivity contribution is 0.0919. The molecule has 21 heavy (non-hydrogen) atoms. The molecule has 0 spiro atoms. The first-order chi connectivity index (χ1) is 10.2. The smallest absolute Gasteiger partial charge is 0.270 e. The van der Waals surface area contributed by atoms with Gasteiger partial charge in [0.05, 0.1) is 10.3 Å². The fourth-order valence-corrected chi connectivity index (χ4v) is 4.17. The van der Waals surface area contributed by atoms with Gasteiger partial charge in [-0.15, -0.1) is 11.3 Å². The maximum absolute atomic E-state index is 12.4. The van der Waals surface area contributed by atoms with Crippen LogP contribution < -0.4 is 5.32 Å². The van der Waals surface area contributed by atoms with Crippen LogP contribution in [0.4, 0.5) is 0 Å². The Labute approximate surface area is 126 Å². The molecule has 1 amide bonds. The van der Waals surface area contributed by atoms with Crippen LogP contribution in [-0.2, 0) is 0 Å². The van der Waals surface area contributed by atoms with E-state index >= 15 is 0 Å². The van der Waals surface area contributed by atoms with Gasteiger partial charge in [0.25, 0.3) is 5.91 Å². The standard InChI is InChI=1S/C15H14N4OS/c16-4-10-8-21-14-5-17-12(3-11(10)14)15(20)18-13-7-19-2-1-9(13)6-19/h3,5,8-9,13H,1-2,6-7H2,(H,18,20)/t9-,13?/m0/s1. The number of fused-ring (bicyclic) bond motifs is 3. The average Bonchev–Trinajstić information content (AvgIpc) is 3.21. The molecule has 6 heteroatoms. The Bertz CT molecular complexity index is 763. The van der Waals surface area contributed by atoms with E-state index < -0.39 is 0 Å². The van der Waals surface area contributed by atoms with Crippen molar-refractivity contribution in [3.8, 4) is 6.07 Å². The molecule has 2 bridgehead atoms. The maximum atomic E-state index is 12.4. The Morgan fingerprint density at radius 1 is 1.52 bits per heavy atom. The summed E-state index contributed by atoms with van der Waals surface area (Å²) in [6.07, 6.45) is 2.85. The zero-order valence-corrected chi connectivity index (χ0v) is 12.2. The highest BCUT2D eigenvalue weighted by Crippen LogP contribution is 2.28. The van der Waals surface area contributed by atoms with E-state index in [0.29, 0.717) is 17.2 Å². The molecule has 0 saturated carbocycles. The van der Waals surface area contributed by atoms with Crippen LogP contribution in [0, 0.1) is 17.2 Å². The number of carbonyl (C=O) groups is 1. The van der Waals surface area contributed by atoms with Gasteiger partial charge >= 0.3 is 0 Å². The summed E-state index contributed by atoms with van der Waals surface area (Å²) >= 11 is 1.48. The minimum absolute atomic E-state index is 0.134. The summed E-state index contributed by atoms with van der Waals surface area (Å²) < 4.78 is 0.939. The van der Waals surface area contributed by atoms with E-state index in [1.807, 2.05) is 0 Å². The van der Waals surface area contributed by atoms with Gasteiger partial charge in [0.15, 0.2) is 0 Å². The molecule has 2 saturated heterocycles. The number of piperidine rings is 1. The summed E-state index contributed by atoms with van der Waals surface area (Å²) in [6.45, 7) is 3.20. The Hall–Kier alpha value is -1.97. The number of nitrogens with zero attached hydrogens (tertiary/aromatic N) is 3. The van der Waals surface area contributed by atoms with Crippen molar-refractivity contribution < 1.29 is 4.79 Å². The van der Waals surface area contributed by atoms with Gasteiger partial charge in [-0.25, -0.2) is 4.98 Å². The summed E-state index contributed by atoms with van der Waals surface area (Å²) in [5, 5.41) is 14.8. The Morgan fingerprint density at radius 3 is 3.14 bits per heavy atom. The van der Waals surface area contributed by atoms with Crippen molar-refractivity contribution in [3.63, 3.8) is 0 Å². The van der Waals surface area contributed by atoms with Gasteiger partial charge in [0, 0.05) is 36.1 Å². The summed E-state index contributed by atoms with van der Waals surface area (Å²) in [5.41, 5.74) is 1.01. The number of thiophene rings is 1. The molecule has 0 aromatic carbocycles. The number of pyridine rings is 1. The molecule has 106 valence electrons. The fourth-order valence-electron chi connectivity index (χ4n) is 3.33. The van der Waals surface area contributed by atoms with Gasteiger partial charge in [0.1, 0.15) is 11.8 Å². The van der Waals surface area contributed by atoms with E-state index in [9.17, 15) is 4.79 Å². The molecule has 2 fully saturated rings. The van der Waals surface area contributed by atoms with Gasteiger partial charge in [-0.2, -0.15) is 5.26 Å². The zero-order chi connectivity index (χ0) is 14.4. The number of nitrogens with one attached hydrogen (secondary N) is 1. The molecule has 5 nitrogen and oxygen atoms in total. The quantitative estimate of drug-likeness (QED) is 0.914. The lowest BCUT2D eigenvalue weighted by Gasteiger charge is -2.22. The molecule has 4 rings (SSSR count). The average molecular weight is 298 g/mol. The Morgan fingerprint density at radius 2 is 2.43 bits per heavy atom. The Kier molecular flexibility index (Phi) is 2.91. The van der Waals surface area contributed by atoms with Gasteiger partial charge in [-0.05, 0) is 24.9 Å². The molecule has 2 aromatic heterocycles. The predicted molar refractivity (Wildman–Crippen MR) is 80.1 cm³/mol. The predicted octanol–water partition coefficient (Wildman–Crippen LogP) is 1.60. The molecule has 2 aliphatic heterocycles. The molecule has 3 atom stereocenters. The van der Waals surface area contributed by atoms with Crippen molar-refractivity contribution in [1.82, 2.24) is 15.2 Å². The largest absolute Gasteiger partial charge is 0.346 e. The van der Waals surface area contributed by atoms with Gasteiger partial charge in [0.2, 0.25) is 0 Å². The van der Waals surface area contributed by atoms with Gasteiger partial charge in [-0.3, -0.25) is 4.79 Å². The van der Waals surface area contributed by atoms with Gasteiger partial charge < -0.3 is 10.2 Å². The SMILES string of the molecule is N#Cc1csc2cnc(C(=O)NC3CN4CC[C@H]3C4)cc12. The molecule has 4 heterocycles. The van der Waals surface area contributed by atoms with Crippen LogP contribution in [0.2, 0.25) is 0 Å². The molecule has 2 aromatic rings. The number of hydrogen-bond donors (Lipinski definition) is 1. The molecular formula is C15H14N4OS. The van der Waals surface area contributed by atoms with E-state index in [1.54, 1.807) is 17.6 Å². The van der Waals surface area contributed by atoms with Crippen molar-refractivity contribution in [2.24, 2.45) is 5.92 Å². The third kappa shape index (κ3) is 2.09. The first kappa shape index (κ1) is 12.7. The van der Waals surface area contributed by atoms with Gasteiger partial charge in [-0.1, -0.05) is 0 Å². The highest BCUT2D eigenvalue weighted by Gasteiger charge is 2.38. The molecular weight excluding hydrogens is 284 g/mol. The molecule has 2 unspecified atom stereocenters. The van der Waals surface area contributed by atoms with Crippen LogP contribution in [0.5, 0.6) is 0 Å². The highest BCUT2D eigenvalue weighted by molar-refractivity contribution is 7.17. The first-order valence-corrected chi connectivity index (χ1v) is 7.93. The van der Waals surface area contributed by atoms with E-state index in [-0.39, 0.29) is 11.9 Å². The number of hydrogen-bond acceptors (Lipinski definition) is 5. The van der Waals surface area contributed by atoms with E-state index in [4.69, 9.17) is 5.26 Å². The first-order valence-electron chi connectivity index (χ1n) is 7.05. The van der Waals surface area contributed by atoms with Crippen LogP contribution in [0.15, 0.2) is 17.6 Å². The molecule has 1 N–H and O–H groups in total. The highest BCUT2D eigenvalue weighted by atomic mass is 32.1. The zero-order valence-electron chi connectivity index (χ0n) is 11.4. The normalized spacial score (nSPS) is 26.9. The second kappa shape index (κ2) is 4.79. The number of carbonyl (C=O) groups excluding carboxylic acids is 1. The van der Waals surface area contributed by atoms with Crippen molar-refractivity contribution in [3.05, 3.63) is 28.9 Å². The number of aromatic nitrogens is 1. The minimum Gasteiger partial charge on any atom is -0.346 e. The van der Waals surface area contributed by atoms with E-state index in [1.165, 1.54) is 17.8 Å². The van der Waals surface area contributed by atoms with E-state index in [0.717, 1.165) is 29.7 Å². The van der Waals surface area contributed by atoms with Crippen molar-refractivity contribution in [1.29, 1.82) is 5.26 Å². The Balaban J connectivity index is 1.58. The summed E-state index contributed by atoms with van der Waals surface area (Å²) in [6, 6.07) is 4.12. The summed E-state index contributed by atoms with van der Waals surface area (Å²) in [5.74, 6) is 0.444. The molecule has 0 aliphatic carbocycles. The lowest BCUT2D eigenvalue weighted by Crippen LogP contribution is -2.43. The number of nitriles is 1. The van der Waals surface area contributed by atoms with Crippen LogP contribution in [-0.4, -0.2) is 41.5 Å². The topological polar surface area (TPSA) is 69.0 Å². The van der Waals surface area contributed by atoms with Crippen molar-refractivity contribution in [2.45, 2.75) is 12.5 Å².